The second kappa shape index (κ2) is 5.80. The number of Topliss-reactive ketones (excluding diaryl/α,β-unsaturated/α-hetero) is 1. The van der Waals surface area contributed by atoms with Crippen molar-refractivity contribution in [3.8, 4) is 0 Å². The van der Waals surface area contributed by atoms with Crippen LogP contribution in [-0.4, -0.2) is 18.9 Å². The van der Waals surface area contributed by atoms with Gasteiger partial charge in [0.1, 0.15) is 5.78 Å². The first-order chi connectivity index (χ1) is 7.54. The molecule has 0 saturated carbocycles. The summed E-state index contributed by atoms with van der Waals surface area (Å²) in [6, 6.07) is 5.23. The number of halogens is 1. The number of carbonyl (C=O) groups excluding carboxylic acids is 2. The average Bonchev–Trinajstić information content (AvgIpc) is 2.26. The zero-order valence-corrected chi connectivity index (χ0v) is 10.8. The highest BCUT2D eigenvalue weighted by molar-refractivity contribution is 9.10. The molecule has 4 heteroatoms. The first kappa shape index (κ1) is 12.9. The van der Waals surface area contributed by atoms with Gasteiger partial charge in [-0.2, -0.15) is 0 Å². The van der Waals surface area contributed by atoms with E-state index in [9.17, 15) is 9.59 Å². The van der Waals surface area contributed by atoms with Crippen LogP contribution in [0.2, 0.25) is 0 Å². The van der Waals surface area contributed by atoms with Gasteiger partial charge < -0.3 is 9.53 Å². The van der Waals surface area contributed by atoms with Crippen LogP contribution >= 0.6 is 15.9 Å². The molecule has 16 heavy (non-hydrogen) atoms. The monoisotopic (exact) mass is 284 g/mol. The molecule has 0 heterocycles. The SMILES string of the molecule is COC(=O)c1ccc(Br)c(CCC(C)=O)c1. The molecule has 3 nitrogen and oxygen atoms in total. The Hall–Kier alpha value is -1.16. The average molecular weight is 285 g/mol. The second-order valence-electron chi connectivity index (χ2n) is 3.50. The predicted octanol–water partition coefficient (Wildman–Crippen LogP) is 2.76. The van der Waals surface area contributed by atoms with Gasteiger partial charge in [-0.1, -0.05) is 15.9 Å². The van der Waals surface area contributed by atoms with Gasteiger partial charge in [0, 0.05) is 10.9 Å². The third kappa shape index (κ3) is 3.45. The summed E-state index contributed by atoms with van der Waals surface area (Å²) >= 11 is 3.39. The molecule has 0 N–H and O–H groups in total. The second-order valence-corrected chi connectivity index (χ2v) is 4.35. The maximum atomic E-state index is 11.3. The molecule has 0 radical (unpaired) electrons. The van der Waals surface area contributed by atoms with Crippen molar-refractivity contribution < 1.29 is 14.3 Å². The largest absolute Gasteiger partial charge is 0.465 e. The van der Waals surface area contributed by atoms with Crippen molar-refractivity contribution >= 4 is 27.7 Å². The lowest BCUT2D eigenvalue weighted by Crippen LogP contribution is -2.03. The fraction of sp³-hybridized carbons (Fsp3) is 0.333. The van der Waals surface area contributed by atoms with Gasteiger partial charge in [0.2, 0.25) is 0 Å². The normalized spacial score (nSPS) is 9.94. The van der Waals surface area contributed by atoms with Crippen molar-refractivity contribution in [2.24, 2.45) is 0 Å². The van der Waals surface area contributed by atoms with Gasteiger partial charge in [-0.3, -0.25) is 0 Å². The number of hydrogen-bond acceptors (Lipinski definition) is 3. The van der Waals surface area contributed by atoms with Gasteiger partial charge in [0.25, 0.3) is 0 Å². The Kier molecular flexibility index (Phi) is 4.68. The Morgan fingerprint density at radius 1 is 1.38 bits per heavy atom. The van der Waals surface area contributed by atoms with Crippen molar-refractivity contribution in [1.29, 1.82) is 0 Å². The Balaban J connectivity index is 2.90. The van der Waals surface area contributed by atoms with E-state index >= 15 is 0 Å². The summed E-state index contributed by atoms with van der Waals surface area (Å²) in [5.41, 5.74) is 1.45. The van der Waals surface area contributed by atoms with Gasteiger partial charge in [-0.25, -0.2) is 4.79 Å². The van der Waals surface area contributed by atoms with E-state index in [1.165, 1.54) is 7.11 Å². The van der Waals surface area contributed by atoms with Crippen molar-refractivity contribution in [2.75, 3.05) is 7.11 Å². The fourth-order valence-electron chi connectivity index (χ4n) is 1.32. The van der Waals surface area contributed by atoms with E-state index in [-0.39, 0.29) is 11.8 Å². The summed E-state index contributed by atoms with van der Waals surface area (Å²) in [4.78, 5) is 22.2. The molecule has 0 aliphatic heterocycles. The quantitative estimate of drug-likeness (QED) is 0.799. The zero-order chi connectivity index (χ0) is 12.1. The summed E-state index contributed by atoms with van der Waals surface area (Å²) in [6.45, 7) is 1.55. The molecule has 0 aromatic heterocycles. The number of methoxy groups -OCH3 is 1. The molecule has 0 amide bonds. The molecule has 0 unspecified atom stereocenters. The molecule has 0 fully saturated rings. The topological polar surface area (TPSA) is 43.4 Å². The van der Waals surface area contributed by atoms with Gasteiger partial charge in [-0.15, -0.1) is 0 Å². The highest BCUT2D eigenvalue weighted by Gasteiger charge is 2.09. The summed E-state index contributed by atoms with van der Waals surface area (Å²) < 4.78 is 5.54. The van der Waals surface area contributed by atoms with Crippen LogP contribution in [0.15, 0.2) is 22.7 Å². The number of hydrogen-bond donors (Lipinski definition) is 0. The van der Waals surface area contributed by atoms with Crippen LogP contribution in [0, 0.1) is 0 Å². The summed E-state index contributed by atoms with van der Waals surface area (Å²) in [7, 11) is 1.35. The third-order valence-electron chi connectivity index (χ3n) is 2.21. The zero-order valence-electron chi connectivity index (χ0n) is 9.25. The van der Waals surface area contributed by atoms with E-state index < -0.39 is 0 Å². The van der Waals surface area contributed by atoms with E-state index in [4.69, 9.17) is 0 Å². The summed E-state index contributed by atoms with van der Waals surface area (Å²) in [5, 5.41) is 0. The van der Waals surface area contributed by atoms with Gasteiger partial charge in [0.15, 0.2) is 0 Å². The first-order valence-electron chi connectivity index (χ1n) is 4.90. The molecule has 1 aromatic carbocycles. The van der Waals surface area contributed by atoms with Crippen LogP contribution in [0.1, 0.15) is 29.3 Å². The molecule has 0 bridgehead atoms. The van der Waals surface area contributed by atoms with Crippen molar-refractivity contribution in [3.05, 3.63) is 33.8 Å². The Morgan fingerprint density at radius 3 is 2.62 bits per heavy atom. The lowest BCUT2D eigenvalue weighted by molar-refractivity contribution is -0.116. The number of aryl methyl sites for hydroxylation is 1. The molecule has 1 rings (SSSR count). The number of ketones is 1. The van der Waals surface area contributed by atoms with E-state index in [0.717, 1.165) is 10.0 Å². The highest BCUT2D eigenvalue weighted by Crippen LogP contribution is 2.20. The summed E-state index contributed by atoms with van der Waals surface area (Å²) in [6.07, 6.45) is 1.10. The fourth-order valence-corrected chi connectivity index (χ4v) is 1.77. The Bertz CT molecular complexity index is 413. The lowest BCUT2D eigenvalue weighted by Gasteiger charge is -2.05. The number of ether oxygens (including phenoxy) is 1. The number of rotatable bonds is 4. The highest BCUT2D eigenvalue weighted by atomic mass is 79.9. The van der Waals surface area contributed by atoms with E-state index in [1.807, 2.05) is 0 Å². The number of carbonyl (C=O) groups is 2. The lowest BCUT2D eigenvalue weighted by atomic mass is 10.1. The Labute approximate surface area is 103 Å². The molecule has 0 atom stereocenters. The van der Waals surface area contributed by atoms with E-state index in [0.29, 0.717) is 18.4 Å². The van der Waals surface area contributed by atoms with Gasteiger partial charge in [0.05, 0.1) is 12.7 Å². The van der Waals surface area contributed by atoms with Crippen LogP contribution in [0.3, 0.4) is 0 Å². The minimum absolute atomic E-state index is 0.135. The number of esters is 1. The van der Waals surface area contributed by atoms with E-state index in [1.54, 1.807) is 25.1 Å². The van der Waals surface area contributed by atoms with Crippen molar-refractivity contribution in [1.82, 2.24) is 0 Å². The van der Waals surface area contributed by atoms with Crippen LogP contribution in [0.5, 0.6) is 0 Å². The molecule has 0 spiro atoms. The van der Waals surface area contributed by atoms with Crippen LogP contribution in [-0.2, 0) is 16.0 Å². The van der Waals surface area contributed by atoms with Crippen LogP contribution in [0.4, 0.5) is 0 Å². The first-order valence-corrected chi connectivity index (χ1v) is 5.70. The third-order valence-corrected chi connectivity index (χ3v) is 2.99. The van der Waals surface area contributed by atoms with Crippen molar-refractivity contribution in [2.45, 2.75) is 19.8 Å². The molecule has 0 aliphatic carbocycles. The maximum Gasteiger partial charge on any atom is 0.337 e. The maximum absolute atomic E-state index is 11.3. The molecule has 86 valence electrons. The predicted molar refractivity (Wildman–Crippen MR) is 64.5 cm³/mol. The van der Waals surface area contributed by atoms with Gasteiger partial charge >= 0.3 is 5.97 Å². The minimum Gasteiger partial charge on any atom is -0.465 e. The minimum atomic E-state index is -0.364. The smallest absolute Gasteiger partial charge is 0.337 e. The van der Waals surface area contributed by atoms with E-state index in [2.05, 4.69) is 20.7 Å². The van der Waals surface area contributed by atoms with Gasteiger partial charge in [-0.05, 0) is 37.1 Å². The molecule has 1 aromatic rings. The molecule has 0 aliphatic rings. The van der Waals surface area contributed by atoms with Crippen molar-refractivity contribution in [3.63, 3.8) is 0 Å². The van der Waals surface area contributed by atoms with Crippen LogP contribution in [0.25, 0.3) is 0 Å². The van der Waals surface area contributed by atoms with Crippen LogP contribution < -0.4 is 0 Å². The number of benzene rings is 1. The molecule has 0 saturated heterocycles. The Morgan fingerprint density at radius 2 is 2.06 bits per heavy atom. The standard InChI is InChI=1S/C12H13BrO3/c1-8(14)3-4-9-7-10(12(15)16-2)5-6-11(9)13/h5-7H,3-4H2,1-2H3. The summed E-state index contributed by atoms with van der Waals surface area (Å²) in [5.74, 6) is -0.230. The molecular formula is C12H13BrO3. The molecular weight excluding hydrogens is 272 g/mol.